The van der Waals surface area contributed by atoms with Crippen LogP contribution >= 0.6 is 0 Å². The summed E-state index contributed by atoms with van der Waals surface area (Å²) in [6.45, 7) is 5.34. The second kappa shape index (κ2) is 5.16. The number of benzene rings is 1. The average Bonchev–Trinajstić information content (AvgIpc) is 2.80. The molecule has 1 aromatic rings. The molecule has 0 aromatic heterocycles. The molecule has 1 fully saturated rings. The second-order valence-corrected chi connectivity index (χ2v) is 5.19. The zero-order valence-electron chi connectivity index (χ0n) is 11.2. The Morgan fingerprint density at radius 1 is 1.33 bits per heavy atom. The van der Waals surface area contributed by atoms with E-state index in [9.17, 15) is 0 Å². The van der Waals surface area contributed by atoms with Crippen LogP contribution < -0.4 is 15.2 Å². The molecular formula is C14H21NO3. The number of ether oxygens (including phenoxy) is 3. The molecule has 0 aliphatic carbocycles. The second-order valence-electron chi connectivity index (χ2n) is 5.19. The molecule has 0 spiro atoms. The van der Waals surface area contributed by atoms with Crippen LogP contribution in [0.15, 0.2) is 18.2 Å². The summed E-state index contributed by atoms with van der Waals surface area (Å²) in [6, 6.07) is 5.82. The summed E-state index contributed by atoms with van der Waals surface area (Å²) < 4.78 is 16.6. The van der Waals surface area contributed by atoms with Crippen LogP contribution in [0.3, 0.4) is 0 Å². The zero-order valence-corrected chi connectivity index (χ0v) is 11.2. The third kappa shape index (κ3) is 2.94. The third-order valence-corrected chi connectivity index (χ3v) is 3.09. The van der Waals surface area contributed by atoms with Gasteiger partial charge in [0.1, 0.15) is 6.10 Å². The van der Waals surface area contributed by atoms with Crippen molar-refractivity contribution < 1.29 is 14.2 Å². The Kier molecular flexibility index (Phi) is 3.78. The fraction of sp³-hybridized carbons (Fsp3) is 0.571. The summed E-state index contributed by atoms with van der Waals surface area (Å²) in [5.41, 5.74) is 6.74. The molecule has 0 radical (unpaired) electrons. The fourth-order valence-corrected chi connectivity index (χ4v) is 1.95. The highest BCUT2D eigenvalue weighted by molar-refractivity contribution is 5.44. The van der Waals surface area contributed by atoms with Crippen molar-refractivity contribution in [2.75, 3.05) is 20.3 Å². The minimum atomic E-state index is -0.392. The van der Waals surface area contributed by atoms with E-state index in [1.54, 1.807) is 7.11 Å². The first-order valence-electron chi connectivity index (χ1n) is 6.22. The smallest absolute Gasteiger partial charge is 0.162 e. The Morgan fingerprint density at radius 3 is 2.67 bits per heavy atom. The van der Waals surface area contributed by atoms with Gasteiger partial charge in [-0.25, -0.2) is 0 Å². The van der Waals surface area contributed by atoms with Gasteiger partial charge in [0.25, 0.3) is 0 Å². The normalized spacial score (nSPS) is 19.9. The molecule has 1 aromatic carbocycles. The van der Waals surface area contributed by atoms with Gasteiger partial charge in [-0.1, -0.05) is 6.07 Å². The summed E-state index contributed by atoms with van der Waals surface area (Å²) in [5, 5.41) is 0. The van der Waals surface area contributed by atoms with Gasteiger partial charge in [-0.05, 0) is 31.5 Å². The van der Waals surface area contributed by atoms with E-state index < -0.39 is 5.54 Å². The van der Waals surface area contributed by atoms with Crippen LogP contribution in [-0.2, 0) is 10.3 Å². The van der Waals surface area contributed by atoms with Crippen LogP contribution in [0.4, 0.5) is 0 Å². The van der Waals surface area contributed by atoms with Crippen LogP contribution in [0.2, 0.25) is 0 Å². The molecule has 1 saturated heterocycles. The maximum Gasteiger partial charge on any atom is 0.162 e. The van der Waals surface area contributed by atoms with Crippen LogP contribution in [-0.4, -0.2) is 26.4 Å². The van der Waals surface area contributed by atoms with Crippen molar-refractivity contribution in [3.63, 3.8) is 0 Å². The summed E-state index contributed by atoms with van der Waals surface area (Å²) >= 11 is 0. The standard InChI is InChI=1S/C14H21NO3/c1-14(2,15)10-4-5-12(16-3)13(8-10)18-11-6-7-17-9-11/h4-5,8,11H,6-7,9,15H2,1-3H3. The van der Waals surface area contributed by atoms with E-state index in [1.165, 1.54) is 0 Å². The summed E-state index contributed by atoms with van der Waals surface area (Å²) in [7, 11) is 1.64. The first-order chi connectivity index (χ1) is 8.50. The van der Waals surface area contributed by atoms with Crippen molar-refractivity contribution >= 4 is 0 Å². The molecule has 100 valence electrons. The molecular weight excluding hydrogens is 230 g/mol. The van der Waals surface area contributed by atoms with Crippen LogP contribution in [0, 0.1) is 0 Å². The van der Waals surface area contributed by atoms with Gasteiger partial charge in [0, 0.05) is 12.0 Å². The Bertz CT molecular complexity index is 406. The largest absolute Gasteiger partial charge is 0.493 e. The van der Waals surface area contributed by atoms with Crippen LogP contribution in [0.5, 0.6) is 11.5 Å². The minimum absolute atomic E-state index is 0.107. The third-order valence-electron chi connectivity index (χ3n) is 3.09. The lowest BCUT2D eigenvalue weighted by atomic mass is 9.95. The quantitative estimate of drug-likeness (QED) is 0.890. The Hall–Kier alpha value is -1.26. The number of nitrogens with two attached hydrogens (primary N) is 1. The molecule has 4 heteroatoms. The molecule has 2 N–H and O–H groups in total. The van der Waals surface area contributed by atoms with E-state index in [-0.39, 0.29) is 6.10 Å². The van der Waals surface area contributed by atoms with Crippen molar-refractivity contribution in [3.8, 4) is 11.5 Å². The molecule has 1 unspecified atom stereocenters. The zero-order chi connectivity index (χ0) is 13.2. The molecule has 0 bridgehead atoms. The van der Waals surface area contributed by atoms with Gasteiger partial charge < -0.3 is 19.9 Å². The maximum atomic E-state index is 6.10. The van der Waals surface area contributed by atoms with Crippen molar-refractivity contribution in [2.24, 2.45) is 5.73 Å². The Labute approximate surface area is 108 Å². The summed E-state index contributed by atoms with van der Waals surface area (Å²) in [5.74, 6) is 1.47. The monoisotopic (exact) mass is 251 g/mol. The van der Waals surface area contributed by atoms with Crippen molar-refractivity contribution in [2.45, 2.75) is 31.9 Å². The van der Waals surface area contributed by atoms with E-state index in [0.717, 1.165) is 30.1 Å². The number of hydrogen-bond acceptors (Lipinski definition) is 4. The maximum absolute atomic E-state index is 6.10. The number of rotatable bonds is 4. The van der Waals surface area contributed by atoms with Crippen molar-refractivity contribution in [3.05, 3.63) is 23.8 Å². The Balaban J connectivity index is 2.24. The van der Waals surface area contributed by atoms with Gasteiger partial charge >= 0.3 is 0 Å². The average molecular weight is 251 g/mol. The SMILES string of the molecule is COc1ccc(C(C)(C)N)cc1OC1CCOC1. The van der Waals surface area contributed by atoms with Crippen LogP contribution in [0.1, 0.15) is 25.8 Å². The van der Waals surface area contributed by atoms with E-state index in [0.29, 0.717) is 6.61 Å². The van der Waals surface area contributed by atoms with Gasteiger partial charge in [-0.15, -0.1) is 0 Å². The van der Waals surface area contributed by atoms with Gasteiger partial charge in [0.15, 0.2) is 11.5 Å². The fourth-order valence-electron chi connectivity index (χ4n) is 1.95. The van der Waals surface area contributed by atoms with Gasteiger partial charge in [-0.3, -0.25) is 0 Å². The molecule has 1 aliphatic rings. The molecule has 4 nitrogen and oxygen atoms in total. The van der Waals surface area contributed by atoms with Gasteiger partial charge in [0.05, 0.1) is 20.3 Å². The molecule has 1 aliphatic heterocycles. The molecule has 1 heterocycles. The lowest BCUT2D eigenvalue weighted by Crippen LogP contribution is -2.28. The summed E-state index contributed by atoms with van der Waals surface area (Å²) in [6.07, 6.45) is 1.02. The highest BCUT2D eigenvalue weighted by Gasteiger charge is 2.21. The predicted molar refractivity (Wildman–Crippen MR) is 70.1 cm³/mol. The first-order valence-corrected chi connectivity index (χ1v) is 6.22. The Morgan fingerprint density at radius 2 is 2.11 bits per heavy atom. The summed E-state index contributed by atoms with van der Waals surface area (Å²) in [4.78, 5) is 0. The molecule has 0 amide bonds. The first kappa shape index (κ1) is 13.2. The van der Waals surface area contributed by atoms with E-state index in [4.69, 9.17) is 19.9 Å². The predicted octanol–water partition coefficient (Wildman–Crippen LogP) is 2.06. The van der Waals surface area contributed by atoms with Crippen molar-refractivity contribution in [1.29, 1.82) is 0 Å². The lowest BCUT2D eigenvalue weighted by molar-refractivity contribution is 0.138. The minimum Gasteiger partial charge on any atom is -0.493 e. The molecule has 18 heavy (non-hydrogen) atoms. The topological polar surface area (TPSA) is 53.7 Å². The number of methoxy groups -OCH3 is 1. The van der Waals surface area contributed by atoms with E-state index in [1.807, 2.05) is 32.0 Å². The van der Waals surface area contributed by atoms with Gasteiger partial charge in [0.2, 0.25) is 0 Å². The lowest BCUT2D eigenvalue weighted by Gasteiger charge is -2.22. The molecule has 0 saturated carbocycles. The highest BCUT2D eigenvalue weighted by Crippen LogP contribution is 2.32. The van der Waals surface area contributed by atoms with Gasteiger partial charge in [-0.2, -0.15) is 0 Å². The molecule has 2 rings (SSSR count). The highest BCUT2D eigenvalue weighted by atomic mass is 16.6. The number of hydrogen-bond donors (Lipinski definition) is 1. The van der Waals surface area contributed by atoms with Crippen LogP contribution in [0.25, 0.3) is 0 Å². The van der Waals surface area contributed by atoms with E-state index >= 15 is 0 Å². The van der Waals surface area contributed by atoms with Crippen molar-refractivity contribution in [1.82, 2.24) is 0 Å². The van der Waals surface area contributed by atoms with E-state index in [2.05, 4.69) is 0 Å². The molecule has 1 atom stereocenters.